The Kier molecular flexibility index (Phi) is 4.41. The van der Waals surface area contributed by atoms with Crippen molar-refractivity contribution in [1.82, 2.24) is 25.5 Å². The van der Waals surface area contributed by atoms with Crippen LogP contribution in [-0.2, 0) is 6.54 Å². The molecule has 0 aliphatic heterocycles. The highest BCUT2D eigenvalue weighted by molar-refractivity contribution is 8.00. The van der Waals surface area contributed by atoms with Crippen molar-refractivity contribution in [2.24, 2.45) is 0 Å². The molecular weight excluding hydrogens is 254 g/mol. The molecule has 0 aliphatic rings. The van der Waals surface area contributed by atoms with Crippen LogP contribution in [0.4, 0.5) is 0 Å². The highest BCUT2D eigenvalue weighted by Crippen LogP contribution is 2.26. The van der Waals surface area contributed by atoms with Crippen LogP contribution in [0.1, 0.15) is 17.5 Å². The fourth-order valence-corrected chi connectivity index (χ4v) is 2.77. The van der Waals surface area contributed by atoms with E-state index in [9.17, 15) is 0 Å². The van der Waals surface area contributed by atoms with Gasteiger partial charge in [-0.2, -0.15) is 0 Å². The van der Waals surface area contributed by atoms with E-state index in [2.05, 4.69) is 32.4 Å². The van der Waals surface area contributed by atoms with Crippen LogP contribution in [0.25, 0.3) is 0 Å². The third-order valence-corrected chi connectivity index (χ3v) is 3.73. The zero-order chi connectivity index (χ0) is 12.1. The molecule has 0 amide bonds. The van der Waals surface area contributed by atoms with E-state index in [0.29, 0.717) is 5.16 Å². The second-order valence-corrected chi connectivity index (χ2v) is 5.74. The molecule has 90 valence electrons. The number of hydrogen-bond donors (Lipinski definition) is 1. The van der Waals surface area contributed by atoms with Crippen molar-refractivity contribution in [3.63, 3.8) is 0 Å². The third kappa shape index (κ3) is 3.72. The Hall–Kier alpha value is -1.05. The van der Waals surface area contributed by atoms with Crippen LogP contribution < -0.4 is 5.32 Å². The third-order valence-electron chi connectivity index (χ3n) is 1.95. The summed E-state index contributed by atoms with van der Waals surface area (Å²) in [7, 11) is 0. The summed E-state index contributed by atoms with van der Waals surface area (Å²) < 4.78 is 0.877. The number of rotatable bonds is 5. The number of aryl methyl sites for hydroxylation is 1. The SMILES string of the molecule is CCNCc1cnc(Sc2nnc(C)s2)nc1. The molecule has 0 atom stereocenters. The molecule has 0 saturated carbocycles. The second-order valence-electron chi connectivity index (χ2n) is 3.34. The second kappa shape index (κ2) is 6.04. The first kappa shape index (κ1) is 12.4. The minimum absolute atomic E-state index is 0.710. The molecule has 0 fully saturated rings. The highest BCUT2D eigenvalue weighted by atomic mass is 32.2. The maximum Gasteiger partial charge on any atom is 0.194 e. The minimum Gasteiger partial charge on any atom is -0.313 e. The monoisotopic (exact) mass is 267 g/mol. The van der Waals surface area contributed by atoms with Gasteiger partial charge in [0.2, 0.25) is 0 Å². The maximum atomic E-state index is 4.29. The van der Waals surface area contributed by atoms with Gasteiger partial charge in [0.1, 0.15) is 5.01 Å². The van der Waals surface area contributed by atoms with Gasteiger partial charge in [0.05, 0.1) is 0 Å². The minimum atomic E-state index is 0.710. The van der Waals surface area contributed by atoms with Gasteiger partial charge < -0.3 is 5.32 Å². The van der Waals surface area contributed by atoms with E-state index in [-0.39, 0.29) is 0 Å². The first-order chi connectivity index (χ1) is 8.28. The van der Waals surface area contributed by atoms with Gasteiger partial charge in [0.15, 0.2) is 9.50 Å². The quantitative estimate of drug-likeness (QED) is 0.835. The molecule has 0 saturated heterocycles. The van der Waals surface area contributed by atoms with Gasteiger partial charge in [-0.3, -0.25) is 0 Å². The largest absolute Gasteiger partial charge is 0.313 e. The predicted octanol–water partition coefficient (Wildman–Crippen LogP) is 1.90. The van der Waals surface area contributed by atoms with Crippen LogP contribution in [0.3, 0.4) is 0 Å². The van der Waals surface area contributed by atoms with E-state index in [1.165, 1.54) is 11.8 Å². The molecule has 0 aromatic carbocycles. The topological polar surface area (TPSA) is 63.6 Å². The lowest BCUT2D eigenvalue weighted by Gasteiger charge is -2.01. The Morgan fingerprint density at radius 3 is 2.65 bits per heavy atom. The fraction of sp³-hybridized carbons (Fsp3) is 0.400. The summed E-state index contributed by atoms with van der Waals surface area (Å²) in [5, 5.41) is 12.9. The summed E-state index contributed by atoms with van der Waals surface area (Å²) in [6.45, 7) is 5.75. The highest BCUT2D eigenvalue weighted by Gasteiger charge is 2.05. The zero-order valence-corrected chi connectivity index (χ0v) is 11.3. The normalized spacial score (nSPS) is 10.7. The Bertz CT molecular complexity index is 468. The van der Waals surface area contributed by atoms with Crippen molar-refractivity contribution < 1.29 is 0 Å². The molecule has 5 nitrogen and oxygen atoms in total. The average molecular weight is 267 g/mol. The van der Waals surface area contributed by atoms with Gasteiger partial charge in [-0.05, 0) is 25.2 Å². The molecule has 0 radical (unpaired) electrons. The van der Waals surface area contributed by atoms with Crippen molar-refractivity contribution in [3.05, 3.63) is 23.0 Å². The van der Waals surface area contributed by atoms with Crippen LogP contribution in [0.5, 0.6) is 0 Å². The summed E-state index contributed by atoms with van der Waals surface area (Å²) in [4.78, 5) is 8.57. The standard InChI is InChI=1S/C10H13N5S2/c1-3-11-4-8-5-12-9(13-6-8)17-10-15-14-7(2)16-10/h5-6,11H,3-4H2,1-2H3. The van der Waals surface area contributed by atoms with Gasteiger partial charge in [0.25, 0.3) is 0 Å². The smallest absolute Gasteiger partial charge is 0.194 e. The molecule has 1 N–H and O–H groups in total. The summed E-state index contributed by atoms with van der Waals surface area (Å²) in [5.41, 5.74) is 1.09. The summed E-state index contributed by atoms with van der Waals surface area (Å²) in [6, 6.07) is 0. The van der Waals surface area contributed by atoms with Crippen molar-refractivity contribution >= 4 is 23.1 Å². The summed E-state index contributed by atoms with van der Waals surface area (Å²) in [6.07, 6.45) is 3.68. The van der Waals surface area contributed by atoms with Gasteiger partial charge in [-0.15, -0.1) is 10.2 Å². The lowest BCUT2D eigenvalue weighted by atomic mass is 10.3. The summed E-state index contributed by atoms with van der Waals surface area (Å²) >= 11 is 2.99. The van der Waals surface area contributed by atoms with Gasteiger partial charge in [-0.1, -0.05) is 18.3 Å². The fourth-order valence-electron chi connectivity index (χ4n) is 1.15. The lowest BCUT2D eigenvalue weighted by molar-refractivity contribution is 0.716. The Morgan fingerprint density at radius 2 is 2.06 bits per heavy atom. The van der Waals surface area contributed by atoms with Crippen molar-refractivity contribution in [2.45, 2.75) is 29.9 Å². The summed E-state index contributed by atoms with van der Waals surface area (Å²) in [5.74, 6) is 0. The number of nitrogens with one attached hydrogen (secondary N) is 1. The van der Waals surface area contributed by atoms with Gasteiger partial charge in [0, 0.05) is 24.5 Å². The molecule has 7 heteroatoms. The van der Waals surface area contributed by atoms with Crippen LogP contribution in [0.15, 0.2) is 21.9 Å². The zero-order valence-electron chi connectivity index (χ0n) is 9.67. The Labute approximate surface area is 108 Å². The Balaban J connectivity index is 1.98. The molecule has 0 bridgehead atoms. The van der Waals surface area contributed by atoms with Crippen molar-refractivity contribution in [2.75, 3.05) is 6.54 Å². The molecule has 0 spiro atoms. The lowest BCUT2D eigenvalue weighted by Crippen LogP contribution is -2.12. The van der Waals surface area contributed by atoms with Crippen molar-refractivity contribution in [1.29, 1.82) is 0 Å². The van der Waals surface area contributed by atoms with Crippen molar-refractivity contribution in [3.8, 4) is 0 Å². The number of hydrogen-bond acceptors (Lipinski definition) is 7. The van der Waals surface area contributed by atoms with E-state index >= 15 is 0 Å². The average Bonchev–Trinajstić information content (AvgIpc) is 2.74. The van der Waals surface area contributed by atoms with Gasteiger partial charge >= 0.3 is 0 Å². The van der Waals surface area contributed by atoms with Crippen LogP contribution >= 0.6 is 23.1 Å². The molecule has 2 aromatic heterocycles. The maximum absolute atomic E-state index is 4.29. The van der Waals surface area contributed by atoms with E-state index in [4.69, 9.17) is 0 Å². The van der Waals surface area contributed by atoms with E-state index < -0.39 is 0 Å². The molecule has 0 unspecified atom stereocenters. The molecule has 17 heavy (non-hydrogen) atoms. The molecule has 2 aromatic rings. The number of aromatic nitrogens is 4. The number of nitrogens with zero attached hydrogens (tertiary/aromatic N) is 4. The van der Waals surface area contributed by atoms with Gasteiger partial charge in [-0.25, -0.2) is 9.97 Å². The first-order valence-corrected chi connectivity index (χ1v) is 6.91. The van der Waals surface area contributed by atoms with Crippen LogP contribution in [0, 0.1) is 6.92 Å². The molecule has 0 aliphatic carbocycles. The molecule has 2 rings (SSSR count). The van der Waals surface area contributed by atoms with E-state index in [1.54, 1.807) is 11.3 Å². The van der Waals surface area contributed by atoms with Crippen LogP contribution in [-0.4, -0.2) is 26.7 Å². The van der Waals surface area contributed by atoms with E-state index in [1.807, 2.05) is 19.3 Å². The van der Waals surface area contributed by atoms with E-state index in [0.717, 1.165) is 28.0 Å². The van der Waals surface area contributed by atoms with Crippen LogP contribution in [0.2, 0.25) is 0 Å². The first-order valence-electron chi connectivity index (χ1n) is 5.27. The predicted molar refractivity (Wildman–Crippen MR) is 68.2 cm³/mol. The Morgan fingerprint density at radius 1 is 1.29 bits per heavy atom. The molecular formula is C10H13N5S2. The molecule has 2 heterocycles.